The predicted molar refractivity (Wildman–Crippen MR) is 109 cm³/mol. The van der Waals surface area contributed by atoms with Gasteiger partial charge >= 0.3 is 0 Å². The molecule has 2 N–H and O–H groups in total. The first kappa shape index (κ1) is 18.3. The molecule has 0 atom stereocenters. The van der Waals surface area contributed by atoms with Gasteiger partial charge in [0.25, 0.3) is 17.0 Å². The summed E-state index contributed by atoms with van der Waals surface area (Å²) in [6, 6.07) is 19.4. The molecule has 4 aromatic rings. The SMILES string of the molecule is O=C(NCCn1nc(-c2ccccc2)ccc1=O)c1n[nH]c(=O)c2ccccc12. The number of nitrogens with one attached hydrogen (secondary N) is 2. The van der Waals surface area contributed by atoms with Crippen LogP contribution in [0.15, 0.2) is 76.3 Å². The van der Waals surface area contributed by atoms with Crippen molar-refractivity contribution in [3.8, 4) is 11.3 Å². The minimum Gasteiger partial charge on any atom is -0.349 e. The number of aromatic amines is 1. The standard InChI is InChI=1S/C21H17N5O3/c27-18-11-10-17(14-6-2-1-3-7-14)25-26(18)13-12-22-21(29)19-15-8-4-5-9-16(15)20(28)24-23-19/h1-11H,12-13H2,(H,22,29)(H,24,28). The van der Waals surface area contributed by atoms with Gasteiger partial charge in [0.15, 0.2) is 5.69 Å². The highest BCUT2D eigenvalue weighted by Crippen LogP contribution is 2.14. The maximum absolute atomic E-state index is 12.5. The molecule has 2 aromatic heterocycles. The van der Waals surface area contributed by atoms with E-state index in [1.807, 2.05) is 30.3 Å². The van der Waals surface area contributed by atoms with E-state index in [9.17, 15) is 14.4 Å². The number of hydrogen-bond acceptors (Lipinski definition) is 5. The molecule has 0 bridgehead atoms. The first-order valence-corrected chi connectivity index (χ1v) is 9.03. The summed E-state index contributed by atoms with van der Waals surface area (Å²) in [7, 11) is 0. The van der Waals surface area contributed by atoms with E-state index in [-0.39, 0.29) is 29.9 Å². The van der Waals surface area contributed by atoms with Crippen molar-refractivity contribution in [2.75, 3.05) is 6.54 Å². The Labute approximate surface area is 164 Å². The van der Waals surface area contributed by atoms with Crippen LogP contribution in [0.2, 0.25) is 0 Å². The Morgan fingerprint density at radius 3 is 2.45 bits per heavy atom. The Balaban J connectivity index is 1.50. The summed E-state index contributed by atoms with van der Waals surface area (Å²) in [5.41, 5.74) is 1.08. The molecule has 0 radical (unpaired) electrons. The molecule has 29 heavy (non-hydrogen) atoms. The van der Waals surface area contributed by atoms with E-state index in [4.69, 9.17) is 0 Å². The van der Waals surface area contributed by atoms with Crippen LogP contribution in [0.1, 0.15) is 10.5 Å². The van der Waals surface area contributed by atoms with Crippen LogP contribution in [0, 0.1) is 0 Å². The van der Waals surface area contributed by atoms with E-state index in [2.05, 4.69) is 20.6 Å². The number of H-pyrrole nitrogens is 1. The zero-order valence-corrected chi connectivity index (χ0v) is 15.3. The molecule has 4 rings (SSSR count). The molecule has 0 unspecified atom stereocenters. The smallest absolute Gasteiger partial charge is 0.272 e. The number of aromatic nitrogens is 4. The first-order valence-electron chi connectivity index (χ1n) is 9.03. The van der Waals surface area contributed by atoms with E-state index in [1.165, 1.54) is 10.7 Å². The van der Waals surface area contributed by atoms with Gasteiger partial charge in [-0.3, -0.25) is 14.4 Å². The minimum atomic E-state index is -0.440. The lowest BCUT2D eigenvalue weighted by molar-refractivity contribution is 0.0947. The Kier molecular flexibility index (Phi) is 4.98. The van der Waals surface area contributed by atoms with Crippen LogP contribution in [-0.2, 0) is 6.54 Å². The van der Waals surface area contributed by atoms with Crippen LogP contribution in [0.5, 0.6) is 0 Å². The molecule has 0 aliphatic heterocycles. The number of benzene rings is 2. The fourth-order valence-electron chi connectivity index (χ4n) is 3.02. The summed E-state index contributed by atoms with van der Waals surface area (Å²) in [5.74, 6) is -0.440. The molecule has 144 valence electrons. The Bertz CT molecular complexity index is 1290. The number of rotatable bonds is 5. The predicted octanol–water partition coefficient (Wildman–Crippen LogP) is 1.58. The topological polar surface area (TPSA) is 110 Å². The summed E-state index contributed by atoms with van der Waals surface area (Å²) in [4.78, 5) is 36.5. The monoisotopic (exact) mass is 387 g/mol. The van der Waals surface area contributed by atoms with Crippen LogP contribution in [0.3, 0.4) is 0 Å². The third kappa shape index (κ3) is 3.81. The molecule has 0 aliphatic carbocycles. The van der Waals surface area contributed by atoms with Crippen molar-refractivity contribution in [3.05, 3.63) is 93.1 Å². The summed E-state index contributed by atoms with van der Waals surface area (Å²) < 4.78 is 1.31. The zero-order chi connectivity index (χ0) is 20.2. The largest absolute Gasteiger partial charge is 0.349 e. The Morgan fingerprint density at radius 1 is 0.931 bits per heavy atom. The quantitative estimate of drug-likeness (QED) is 0.540. The van der Waals surface area contributed by atoms with Crippen molar-refractivity contribution >= 4 is 16.7 Å². The normalized spacial score (nSPS) is 10.8. The van der Waals surface area contributed by atoms with Gasteiger partial charge < -0.3 is 5.32 Å². The Morgan fingerprint density at radius 2 is 1.66 bits per heavy atom. The van der Waals surface area contributed by atoms with Crippen molar-refractivity contribution in [2.45, 2.75) is 6.54 Å². The van der Waals surface area contributed by atoms with E-state index in [0.29, 0.717) is 16.5 Å². The number of carbonyl (C=O) groups is 1. The lowest BCUT2D eigenvalue weighted by Gasteiger charge is -2.09. The molecule has 0 fully saturated rings. The van der Waals surface area contributed by atoms with Crippen molar-refractivity contribution < 1.29 is 4.79 Å². The minimum absolute atomic E-state index is 0.124. The van der Waals surface area contributed by atoms with Crippen molar-refractivity contribution in [1.29, 1.82) is 0 Å². The Hall–Kier alpha value is -4.07. The molecule has 2 aromatic carbocycles. The van der Waals surface area contributed by atoms with Crippen LogP contribution < -0.4 is 16.4 Å². The zero-order valence-electron chi connectivity index (χ0n) is 15.3. The maximum Gasteiger partial charge on any atom is 0.272 e. The number of fused-ring (bicyclic) bond motifs is 1. The molecule has 2 heterocycles. The van der Waals surface area contributed by atoms with Gasteiger partial charge in [0.2, 0.25) is 0 Å². The highest BCUT2D eigenvalue weighted by atomic mass is 16.2. The molecule has 1 amide bonds. The van der Waals surface area contributed by atoms with Gasteiger partial charge in [-0.25, -0.2) is 9.78 Å². The van der Waals surface area contributed by atoms with Gasteiger partial charge in [0.1, 0.15) is 0 Å². The second-order valence-corrected chi connectivity index (χ2v) is 6.35. The van der Waals surface area contributed by atoms with E-state index >= 15 is 0 Å². The van der Waals surface area contributed by atoms with Gasteiger partial charge in [-0.05, 0) is 12.1 Å². The molecule has 0 saturated carbocycles. The molecular weight excluding hydrogens is 370 g/mol. The average Bonchev–Trinajstić information content (AvgIpc) is 2.76. The lowest BCUT2D eigenvalue weighted by atomic mass is 10.1. The number of nitrogens with zero attached hydrogens (tertiary/aromatic N) is 3. The summed E-state index contributed by atoms with van der Waals surface area (Å²) in [5, 5.41) is 14.1. The molecule has 0 saturated heterocycles. The number of carbonyl (C=O) groups excluding carboxylic acids is 1. The third-order valence-corrected chi connectivity index (χ3v) is 4.46. The van der Waals surface area contributed by atoms with Crippen LogP contribution in [0.25, 0.3) is 22.0 Å². The highest BCUT2D eigenvalue weighted by molar-refractivity contribution is 6.04. The molecule has 8 heteroatoms. The van der Waals surface area contributed by atoms with Gasteiger partial charge in [0.05, 0.1) is 17.6 Å². The van der Waals surface area contributed by atoms with Crippen molar-refractivity contribution in [3.63, 3.8) is 0 Å². The summed E-state index contributed by atoms with van der Waals surface area (Å²) in [6.45, 7) is 0.381. The fraction of sp³-hybridized carbons (Fsp3) is 0.0952. The lowest BCUT2D eigenvalue weighted by Crippen LogP contribution is -2.33. The average molecular weight is 387 g/mol. The summed E-state index contributed by atoms with van der Waals surface area (Å²) in [6.07, 6.45) is 0. The molecule has 0 spiro atoms. The van der Waals surface area contributed by atoms with E-state index < -0.39 is 5.91 Å². The third-order valence-electron chi connectivity index (χ3n) is 4.46. The molecule has 8 nitrogen and oxygen atoms in total. The summed E-state index contributed by atoms with van der Waals surface area (Å²) >= 11 is 0. The maximum atomic E-state index is 12.5. The van der Waals surface area contributed by atoms with Crippen molar-refractivity contribution in [1.82, 2.24) is 25.3 Å². The van der Waals surface area contributed by atoms with Crippen LogP contribution in [0.4, 0.5) is 0 Å². The van der Waals surface area contributed by atoms with Crippen LogP contribution in [-0.4, -0.2) is 32.4 Å². The molecule has 0 aliphatic rings. The van der Waals surface area contributed by atoms with E-state index in [0.717, 1.165) is 5.56 Å². The van der Waals surface area contributed by atoms with Crippen LogP contribution >= 0.6 is 0 Å². The van der Waals surface area contributed by atoms with Gasteiger partial charge in [0, 0.05) is 23.6 Å². The highest BCUT2D eigenvalue weighted by Gasteiger charge is 2.13. The van der Waals surface area contributed by atoms with Crippen molar-refractivity contribution in [2.24, 2.45) is 0 Å². The van der Waals surface area contributed by atoms with E-state index in [1.54, 1.807) is 30.3 Å². The first-order chi connectivity index (χ1) is 14.1. The second kappa shape index (κ2) is 7.89. The molecular formula is C21H17N5O3. The fourth-order valence-corrected chi connectivity index (χ4v) is 3.02. The van der Waals surface area contributed by atoms with Gasteiger partial charge in [-0.1, -0.05) is 48.5 Å². The number of amides is 1. The van der Waals surface area contributed by atoms with Gasteiger partial charge in [-0.2, -0.15) is 10.2 Å². The second-order valence-electron chi connectivity index (χ2n) is 6.35. The number of hydrogen-bond donors (Lipinski definition) is 2. The van der Waals surface area contributed by atoms with Gasteiger partial charge in [-0.15, -0.1) is 0 Å².